The third-order valence-electron chi connectivity index (χ3n) is 2.11. The van der Waals surface area contributed by atoms with E-state index in [4.69, 9.17) is 9.84 Å². The fraction of sp³-hybridized carbons (Fsp3) is 0.889. The van der Waals surface area contributed by atoms with Crippen LogP contribution in [0.25, 0.3) is 0 Å². The predicted octanol–water partition coefficient (Wildman–Crippen LogP) is 0.545. The van der Waals surface area contributed by atoms with Crippen molar-refractivity contribution in [3.05, 3.63) is 0 Å². The molecule has 0 aliphatic carbocycles. The van der Waals surface area contributed by atoms with E-state index in [1.807, 2.05) is 0 Å². The van der Waals surface area contributed by atoms with Gasteiger partial charge in [0.05, 0.1) is 11.9 Å². The summed E-state index contributed by atoms with van der Waals surface area (Å²) in [6.07, 6.45) is -0.490. The van der Waals surface area contributed by atoms with Gasteiger partial charge in [-0.15, -0.1) is 0 Å². The van der Waals surface area contributed by atoms with Crippen LogP contribution in [-0.4, -0.2) is 43.7 Å². The number of methoxy groups -OCH3 is 1. The van der Waals surface area contributed by atoms with Gasteiger partial charge in [0, 0.05) is 7.11 Å². The van der Waals surface area contributed by atoms with Crippen molar-refractivity contribution >= 4 is 15.8 Å². The van der Waals surface area contributed by atoms with Crippen molar-refractivity contribution in [2.45, 2.75) is 32.1 Å². The van der Waals surface area contributed by atoms with E-state index in [0.29, 0.717) is 0 Å². The number of sulfone groups is 1. The number of carboxylic acid groups (broad SMARTS) is 1. The largest absolute Gasteiger partial charge is 0.480 e. The van der Waals surface area contributed by atoms with E-state index < -0.39 is 33.1 Å². The fourth-order valence-corrected chi connectivity index (χ4v) is 3.49. The third-order valence-corrected chi connectivity index (χ3v) is 4.56. The van der Waals surface area contributed by atoms with Crippen molar-refractivity contribution in [2.24, 2.45) is 5.92 Å². The van der Waals surface area contributed by atoms with Crippen LogP contribution in [0.4, 0.5) is 0 Å². The number of aliphatic carboxylic acids is 1. The zero-order chi connectivity index (χ0) is 12.2. The Balaban J connectivity index is 4.89. The maximum absolute atomic E-state index is 11.7. The summed E-state index contributed by atoms with van der Waals surface area (Å²) in [7, 11) is -2.26. The van der Waals surface area contributed by atoms with Crippen LogP contribution in [0.1, 0.15) is 20.8 Å². The second-order valence-corrected chi connectivity index (χ2v) is 6.05. The summed E-state index contributed by atoms with van der Waals surface area (Å²) in [5.41, 5.74) is 0. The lowest BCUT2D eigenvalue weighted by atomic mass is 10.1. The SMILES string of the molecule is COC(C)CS(=O)(=O)C(C(=O)O)C(C)C. The molecular formula is C9H18O5S. The van der Waals surface area contributed by atoms with Crippen molar-refractivity contribution in [3.63, 3.8) is 0 Å². The molecule has 1 N–H and O–H groups in total. The lowest BCUT2D eigenvalue weighted by molar-refractivity contribution is -0.137. The van der Waals surface area contributed by atoms with Gasteiger partial charge in [0.15, 0.2) is 15.1 Å². The maximum atomic E-state index is 11.7. The Morgan fingerprint density at radius 3 is 2.07 bits per heavy atom. The molecule has 0 amide bonds. The molecule has 0 aromatic carbocycles. The number of carbonyl (C=O) groups is 1. The van der Waals surface area contributed by atoms with Gasteiger partial charge in [0.25, 0.3) is 0 Å². The van der Waals surface area contributed by atoms with Crippen molar-refractivity contribution in [3.8, 4) is 0 Å². The van der Waals surface area contributed by atoms with Crippen LogP contribution in [0, 0.1) is 5.92 Å². The van der Waals surface area contributed by atoms with Gasteiger partial charge < -0.3 is 9.84 Å². The van der Waals surface area contributed by atoms with E-state index >= 15 is 0 Å². The Bertz CT molecular complexity index is 306. The van der Waals surface area contributed by atoms with E-state index in [1.165, 1.54) is 7.11 Å². The topological polar surface area (TPSA) is 80.7 Å². The van der Waals surface area contributed by atoms with Crippen LogP contribution in [0.15, 0.2) is 0 Å². The molecule has 0 heterocycles. The highest BCUT2D eigenvalue weighted by atomic mass is 32.2. The van der Waals surface area contributed by atoms with Gasteiger partial charge in [-0.25, -0.2) is 8.42 Å². The molecule has 0 aromatic rings. The Morgan fingerprint density at radius 1 is 1.33 bits per heavy atom. The summed E-state index contributed by atoms with van der Waals surface area (Å²) in [6, 6.07) is 0. The van der Waals surface area contributed by atoms with E-state index in [-0.39, 0.29) is 5.75 Å². The summed E-state index contributed by atoms with van der Waals surface area (Å²) >= 11 is 0. The number of rotatable bonds is 6. The first-order valence-electron chi connectivity index (χ1n) is 4.69. The maximum Gasteiger partial charge on any atom is 0.322 e. The zero-order valence-corrected chi connectivity index (χ0v) is 10.2. The first-order chi connectivity index (χ1) is 6.72. The minimum Gasteiger partial charge on any atom is -0.480 e. The fourth-order valence-electron chi connectivity index (χ4n) is 1.35. The van der Waals surface area contributed by atoms with Crippen LogP contribution in [-0.2, 0) is 19.4 Å². The Labute approximate surface area is 90.4 Å². The molecule has 0 aromatic heterocycles. The minimum atomic E-state index is -3.66. The molecule has 0 saturated heterocycles. The standard InChI is InChI=1S/C9H18O5S/c1-6(2)8(9(10)11)15(12,13)5-7(3)14-4/h6-8H,5H2,1-4H3,(H,10,11). The van der Waals surface area contributed by atoms with Gasteiger partial charge in [-0.05, 0) is 12.8 Å². The number of ether oxygens (including phenoxy) is 1. The van der Waals surface area contributed by atoms with Crippen molar-refractivity contribution in [1.29, 1.82) is 0 Å². The molecule has 5 nitrogen and oxygen atoms in total. The molecule has 15 heavy (non-hydrogen) atoms. The van der Waals surface area contributed by atoms with Gasteiger partial charge in [-0.3, -0.25) is 4.79 Å². The van der Waals surface area contributed by atoms with Gasteiger partial charge in [0.1, 0.15) is 0 Å². The van der Waals surface area contributed by atoms with Crippen molar-refractivity contribution < 1.29 is 23.1 Å². The van der Waals surface area contributed by atoms with Crippen molar-refractivity contribution in [1.82, 2.24) is 0 Å². The van der Waals surface area contributed by atoms with Gasteiger partial charge in [-0.2, -0.15) is 0 Å². The lowest BCUT2D eigenvalue weighted by Gasteiger charge is -2.18. The first kappa shape index (κ1) is 14.4. The molecule has 2 atom stereocenters. The van der Waals surface area contributed by atoms with E-state index in [1.54, 1.807) is 20.8 Å². The van der Waals surface area contributed by atoms with Gasteiger partial charge in [0.2, 0.25) is 0 Å². The Kier molecular flexibility index (Phi) is 5.23. The Hall–Kier alpha value is -0.620. The summed E-state index contributed by atoms with van der Waals surface area (Å²) in [5, 5.41) is 7.49. The van der Waals surface area contributed by atoms with Crippen LogP contribution < -0.4 is 0 Å². The summed E-state index contributed by atoms with van der Waals surface area (Å²) in [6.45, 7) is 4.75. The average Bonchev–Trinajstić information content (AvgIpc) is 2.00. The summed E-state index contributed by atoms with van der Waals surface area (Å²) < 4.78 is 28.3. The molecule has 0 aliphatic rings. The highest BCUT2D eigenvalue weighted by molar-refractivity contribution is 7.92. The van der Waals surface area contributed by atoms with Crippen LogP contribution >= 0.6 is 0 Å². The third kappa shape index (κ3) is 4.17. The zero-order valence-electron chi connectivity index (χ0n) is 9.43. The monoisotopic (exact) mass is 238 g/mol. The molecule has 6 heteroatoms. The number of hydrogen-bond acceptors (Lipinski definition) is 4. The predicted molar refractivity (Wildman–Crippen MR) is 56.5 cm³/mol. The normalized spacial score (nSPS) is 16.3. The first-order valence-corrected chi connectivity index (χ1v) is 6.41. The molecule has 0 fully saturated rings. The molecule has 0 bridgehead atoms. The molecule has 90 valence electrons. The van der Waals surface area contributed by atoms with Crippen LogP contribution in [0.2, 0.25) is 0 Å². The van der Waals surface area contributed by atoms with E-state index in [2.05, 4.69) is 0 Å². The average molecular weight is 238 g/mol. The molecule has 0 rings (SSSR count). The highest BCUT2D eigenvalue weighted by Gasteiger charge is 2.36. The van der Waals surface area contributed by atoms with Crippen LogP contribution in [0.5, 0.6) is 0 Å². The summed E-state index contributed by atoms with van der Waals surface area (Å²) in [5.74, 6) is -2.01. The smallest absolute Gasteiger partial charge is 0.322 e. The van der Waals surface area contributed by atoms with Gasteiger partial charge in [-0.1, -0.05) is 13.8 Å². The van der Waals surface area contributed by atoms with E-state index in [0.717, 1.165) is 0 Å². The molecule has 0 radical (unpaired) electrons. The van der Waals surface area contributed by atoms with Gasteiger partial charge >= 0.3 is 5.97 Å². The molecule has 0 aliphatic heterocycles. The number of hydrogen-bond donors (Lipinski definition) is 1. The number of carboxylic acids is 1. The lowest BCUT2D eigenvalue weighted by Crippen LogP contribution is -2.39. The van der Waals surface area contributed by atoms with E-state index in [9.17, 15) is 13.2 Å². The molecule has 2 unspecified atom stereocenters. The molecule has 0 saturated carbocycles. The Morgan fingerprint density at radius 2 is 1.80 bits per heavy atom. The second kappa shape index (κ2) is 5.46. The molecular weight excluding hydrogens is 220 g/mol. The highest BCUT2D eigenvalue weighted by Crippen LogP contribution is 2.15. The quantitative estimate of drug-likeness (QED) is 0.730. The van der Waals surface area contributed by atoms with Crippen molar-refractivity contribution in [2.75, 3.05) is 12.9 Å². The second-order valence-electron chi connectivity index (χ2n) is 3.88. The van der Waals surface area contributed by atoms with Crippen LogP contribution in [0.3, 0.4) is 0 Å². The minimum absolute atomic E-state index is 0.265. The summed E-state index contributed by atoms with van der Waals surface area (Å²) in [4.78, 5) is 10.8. The molecule has 0 spiro atoms.